The second-order valence-electron chi connectivity index (χ2n) is 4.96. The van der Waals surface area contributed by atoms with E-state index < -0.39 is 15.9 Å². The van der Waals surface area contributed by atoms with E-state index in [2.05, 4.69) is 10.0 Å². The van der Waals surface area contributed by atoms with Gasteiger partial charge in [-0.05, 0) is 42.5 Å². The number of anilines is 2. The Morgan fingerprint density at radius 3 is 2.40 bits per heavy atom. The summed E-state index contributed by atoms with van der Waals surface area (Å²) in [5, 5.41) is 3.04. The van der Waals surface area contributed by atoms with Gasteiger partial charge in [0.25, 0.3) is 10.0 Å². The number of amides is 1. The van der Waals surface area contributed by atoms with Gasteiger partial charge in [0.15, 0.2) is 0 Å². The zero-order valence-electron chi connectivity index (χ0n) is 13.6. The van der Waals surface area contributed by atoms with Gasteiger partial charge in [-0.15, -0.1) is 0 Å². The topological polar surface area (TPSA) is 93.7 Å². The van der Waals surface area contributed by atoms with Gasteiger partial charge in [-0.25, -0.2) is 8.42 Å². The number of sulfonamides is 1. The molecular weight excluding hydrogens is 368 g/mol. The summed E-state index contributed by atoms with van der Waals surface area (Å²) in [5.41, 5.74) is 0.591. The number of nitrogens with one attached hydrogen (secondary N) is 2. The number of ether oxygens (including phenoxy) is 2. The molecule has 0 bridgehead atoms. The van der Waals surface area contributed by atoms with Gasteiger partial charge in [0, 0.05) is 17.8 Å². The summed E-state index contributed by atoms with van der Waals surface area (Å²) in [6.07, 6.45) is 0. The Labute approximate surface area is 151 Å². The number of carbonyl (C=O) groups excluding carboxylic acids is 1. The Kier molecular flexibility index (Phi) is 6.24. The van der Waals surface area contributed by atoms with Gasteiger partial charge in [0.1, 0.15) is 12.4 Å². The van der Waals surface area contributed by atoms with Crippen LogP contribution in [-0.4, -0.2) is 35.2 Å². The van der Waals surface area contributed by atoms with Crippen molar-refractivity contribution in [3.63, 3.8) is 0 Å². The molecule has 0 aliphatic carbocycles. The summed E-state index contributed by atoms with van der Waals surface area (Å²) in [7, 11) is -1.05. The van der Waals surface area contributed by atoms with Crippen LogP contribution in [0, 0.1) is 0 Å². The molecule has 25 heavy (non-hydrogen) atoms. The third kappa shape index (κ3) is 5.09. The molecule has 0 unspecified atom stereocenters. The van der Waals surface area contributed by atoms with E-state index in [1.807, 2.05) is 0 Å². The molecular formula is C16H17ClN2O5S. The van der Waals surface area contributed by atoms with Gasteiger partial charge in [0.05, 0.1) is 17.7 Å². The predicted molar refractivity (Wildman–Crippen MR) is 95.8 cm³/mol. The van der Waals surface area contributed by atoms with Crippen LogP contribution in [0.2, 0.25) is 5.02 Å². The molecule has 134 valence electrons. The smallest absolute Gasteiger partial charge is 0.261 e. The van der Waals surface area contributed by atoms with Crippen LogP contribution in [-0.2, 0) is 19.6 Å². The van der Waals surface area contributed by atoms with Crippen molar-refractivity contribution in [2.45, 2.75) is 4.90 Å². The van der Waals surface area contributed by atoms with E-state index in [9.17, 15) is 13.2 Å². The molecule has 2 rings (SSSR count). The van der Waals surface area contributed by atoms with Crippen LogP contribution >= 0.6 is 11.6 Å². The second-order valence-corrected chi connectivity index (χ2v) is 7.07. The number of hydrogen-bond acceptors (Lipinski definition) is 5. The molecule has 2 aromatic rings. The van der Waals surface area contributed by atoms with E-state index in [0.717, 1.165) is 0 Å². The summed E-state index contributed by atoms with van der Waals surface area (Å²) in [6, 6.07) is 10.4. The third-order valence-corrected chi connectivity index (χ3v) is 4.76. The number of rotatable bonds is 7. The lowest BCUT2D eigenvalue weighted by molar-refractivity contribution is -0.119. The number of carbonyl (C=O) groups is 1. The van der Waals surface area contributed by atoms with Crippen LogP contribution in [0.3, 0.4) is 0 Å². The minimum absolute atomic E-state index is 0.0315. The van der Waals surface area contributed by atoms with E-state index >= 15 is 0 Å². The molecule has 0 radical (unpaired) electrons. The molecule has 0 saturated heterocycles. The Morgan fingerprint density at radius 2 is 1.80 bits per heavy atom. The molecule has 2 N–H and O–H groups in total. The van der Waals surface area contributed by atoms with Gasteiger partial charge in [-0.3, -0.25) is 9.52 Å². The molecule has 0 atom stereocenters. The highest BCUT2D eigenvalue weighted by Gasteiger charge is 2.18. The number of methoxy groups -OCH3 is 2. The first-order valence-corrected chi connectivity index (χ1v) is 8.97. The van der Waals surface area contributed by atoms with Crippen molar-refractivity contribution < 1.29 is 22.7 Å². The quantitative estimate of drug-likeness (QED) is 0.765. The largest absolute Gasteiger partial charge is 0.495 e. The van der Waals surface area contributed by atoms with Crippen LogP contribution < -0.4 is 14.8 Å². The fourth-order valence-corrected chi connectivity index (χ4v) is 3.21. The molecule has 0 fully saturated rings. The summed E-state index contributed by atoms with van der Waals surface area (Å²) in [6.45, 7) is -0.164. The number of hydrogen-bond donors (Lipinski definition) is 2. The standard InChI is InChI=1S/C16H17ClN2O5S/c1-23-10-16(20)18-14-9-13(7-8-15(14)24-2)25(21,22)19-12-5-3-11(17)4-6-12/h3-9,19H,10H2,1-2H3,(H,18,20). The second kappa shape index (κ2) is 8.19. The third-order valence-electron chi connectivity index (χ3n) is 3.13. The molecule has 0 aliphatic heterocycles. The molecule has 1 amide bonds. The van der Waals surface area contributed by atoms with Crippen molar-refractivity contribution in [2.24, 2.45) is 0 Å². The van der Waals surface area contributed by atoms with Crippen LogP contribution in [0.25, 0.3) is 0 Å². The maximum Gasteiger partial charge on any atom is 0.261 e. The van der Waals surface area contributed by atoms with Gasteiger partial charge in [-0.1, -0.05) is 11.6 Å². The van der Waals surface area contributed by atoms with Crippen LogP contribution in [0.4, 0.5) is 11.4 Å². The van der Waals surface area contributed by atoms with Crippen molar-refractivity contribution in [1.82, 2.24) is 0 Å². The highest BCUT2D eigenvalue weighted by atomic mass is 35.5. The minimum atomic E-state index is -3.85. The van der Waals surface area contributed by atoms with E-state index in [1.54, 1.807) is 24.3 Å². The Hall–Kier alpha value is -2.29. The van der Waals surface area contributed by atoms with Crippen molar-refractivity contribution >= 4 is 38.9 Å². The monoisotopic (exact) mass is 384 g/mol. The lowest BCUT2D eigenvalue weighted by atomic mass is 10.3. The average Bonchev–Trinajstić information content (AvgIpc) is 2.57. The first-order valence-electron chi connectivity index (χ1n) is 7.11. The zero-order chi connectivity index (χ0) is 18.4. The van der Waals surface area contributed by atoms with E-state index in [4.69, 9.17) is 21.1 Å². The fourth-order valence-electron chi connectivity index (χ4n) is 2.00. The summed E-state index contributed by atoms with van der Waals surface area (Å²) in [5.74, 6) is -0.101. The van der Waals surface area contributed by atoms with Crippen molar-refractivity contribution in [1.29, 1.82) is 0 Å². The maximum absolute atomic E-state index is 12.5. The molecule has 7 nitrogen and oxygen atoms in total. The summed E-state index contributed by atoms with van der Waals surface area (Å²) in [4.78, 5) is 11.7. The normalized spacial score (nSPS) is 11.0. The van der Waals surface area contributed by atoms with Gasteiger partial charge in [-0.2, -0.15) is 0 Å². The zero-order valence-corrected chi connectivity index (χ0v) is 15.1. The Morgan fingerprint density at radius 1 is 1.12 bits per heavy atom. The number of benzene rings is 2. The summed E-state index contributed by atoms with van der Waals surface area (Å²) >= 11 is 5.79. The van der Waals surface area contributed by atoms with Gasteiger partial charge in [0.2, 0.25) is 5.91 Å². The lowest BCUT2D eigenvalue weighted by Crippen LogP contribution is -2.18. The lowest BCUT2D eigenvalue weighted by Gasteiger charge is -2.13. The Bertz CT molecular complexity index is 853. The highest BCUT2D eigenvalue weighted by molar-refractivity contribution is 7.92. The number of halogens is 1. The van der Waals surface area contributed by atoms with E-state index in [0.29, 0.717) is 16.5 Å². The fraction of sp³-hybridized carbons (Fsp3) is 0.188. The van der Waals surface area contributed by atoms with Gasteiger partial charge >= 0.3 is 0 Å². The first kappa shape index (κ1) is 19.0. The predicted octanol–water partition coefficient (Wildman–Crippen LogP) is 2.73. The maximum atomic E-state index is 12.5. The molecule has 0 saturated carbocycles. The van der Waals surface area contributed by atoms with Crippen molar-refractivity contribution in [3.8, 4) is 5.75 Å². The average molecular weight is 385 g/mol. The molecule has 9 heteroatoms. The van der Waals surface area contributed by atoms with Crippen molar-refractivity contribution in [3.05, 3.63) is 47.5 Å². The highest BCUT2D eigenvalue weighted by Crippen LogP contribution is 2.28. The molecule has 0 spiro atoms. The Balaban J connectivity index is 2.30. The summed E-state index contributed by atoms with van der Waals surface area (Å²) < 4.78 is 37.4. The minimum Gasteiger partial charge on any atom is -0.495 e. The molecule has 2 aromatic carbocycles. The van der Waals surface area contributed by atoms with Crippen LogP contribution in [0.5, 0.6) is 5.75 Å². The molecule has 0 heterocycles. The van der Waals surface area contributed by atoms with E-state index in [-0.39, 0.29) is 17.2 Å². The molecule has 0 aromatic heterocycles. The van der Waals surface area contributed by atoms with Crippen molar-refractivity contribution in [2.75, 3.05) is 30.9 Å². The van der Waals surface area contributed by atoms with Crippen LogP contribution in [0.1, 0.15) is 0 Å². The first-order chi connectivity index (χ1) is 11.9. The van der Waals surface area contributed by atoms with Crippen LogP contribution in [0.15, 0.2) is 47.4 Å². The molecule has 0 aliphatic rings. The SMILES string of the molecule is COCC(=O)Nc1cc(S(=O)(=O)Nc2ccc(Cl)cc2)ccc1OC. The van der Waals surface area contributed by atoms with Gasteiger partial charge < -0.3 is 14.8 Å². The van der Waals surface area contributed by atoms with E-state index in [1.165, 1.54) is 32.4 Å².